The van der Waals surface area contributed by atoms with Crippen LogP contribution in [0.25, 0.3) is 0 Å². The Morgan fingerprint density at radius 1 is 1.46 bits per heavy atom. The van der Waals surface area contributed by atoms with Gasteiger partial charge in [0.1, 0.15) is 6.10 Å². The molecule has 4 nitrogen and oxygen atoms in total. The molecule has 2 rings (SSSR count). The van der Waals surface area contributed by atoms with E-state index in [2.05, 4.69) is 31.5 Å². The van der Waals surface area contributed by atoms with Crippen LogP contribution in [-0.2, 0) is 9.68 Å². The Labute approximate surface area is 144 Å². The van der Waals surface area contributed by atoms with E-state index in [1.807, 2.05) is 6.92 Å². The van der Waals surface area contributed by atoms with E-state index in [9.17, 15) is 15.2 Å². The second-order valence-corrected chi connectivity index (χ2v) is 7.99. The summed E-state index contributed by atoms with van der Waals surface area (Å²) in [6, 6.07) is 0. The van der Waals surface area contributed by atoms with Gasteiger partial charge in [0.05, 0.1) is 5.41 Å². The molecular formula is C20H30O4. The van der Waals surface area contributed by atoms with Crippen molar-refractivity contribution in [2.24, 2.45) is 22.7 Å². The van der Waals surface area contributed by atoms with Crippen LogP contribution in [-0.4, -0.2) is 22.4 Å². The molecule has 0 saturated heterocycles. The fourth-order valence-electron chi connectivity index (χ4n) is 5.25. The zero-order chi connectivity index (χ0) is 18.1. The first-order valence-electron chi connectivity index (χ1n) is 8.73. The number of hydrogen-bond donors (Lipinski definition) is 2. The SMILES string of the molecule is C=CC(=C)[C@@H](C[C@H]1C(=C)CC[C@@H]2[C@]1(C)CCC[C@@]2(C)C(=O)O)OO. The molecule has 0 unspecified atom stereocenters. The molecule has 0 spiro atoms. The lowest BCUT2D eigenvalue weighted by atomic mass is 9.46. The standard InChI is InChI=1S/C20H30O4/c1-6-13(2)16(24-23)12-15-14(3)8-9-17-19(15,4)10-7-11-20(17,5)18(21)22/h6,15-17,23H,1-3,7-12H2,4-5H3,(H,21,22)/t15-,16+,17+,19+,20+/m0/s1. The van der Waals surface area contributed by atoms with Crippen molar-refractivity contribution in [3.05, 3.63) is 37.0 Å². The fraction of sp³-hybridized carbons (Fsp3) is 0.650. The summed E-state index contributed by atoms with van der Waals surface area (Å²) < 4.78 is 0. The minimum Gasteiger partial charge on any atom is -0.481 e. The van der Waals surface area contributed by atoms with Gasteiger partial charge in [-0.05, 0) is 61.9 Å². The maximum atomic E-state index is 12.0. The van der Waals surface area contributed by atoms with Crippen LogP contribution in [0.5, 0.6) is 0 Å². The van der Waals surface area contributed by atoms with E-state index in [1.54, 1.807) is 6.08 Å². The minimum atomic E-state index is -0.699. The number of allylic oxidation sites excluding steroid dienone is 1. The first kappa shape index (κ1) is 18.9. The van der Waals surface area contributed by atoms with Gasteiger partial charge < -0.3 is 5.11 Å². The number of rotatable bonds is 6. The molecule has 2 aliphatic carbocycles. The summed E-state index contributed by atoms with van der Waals surface area (Å²) in [6.07, 6.45) is 5.90. The van der Waals surface area contributed by atoms with Gasteiger partial charge in [0.2, 0.25) is 0 Å². The van der Waals surface area contributed by atoms with Gasteiger partial charge in [-0.2, -0.15) is 0 Å². The van der Waals surface area contributed by atoms with Crippen LogP contribution in [0, 0.1) is 22.7 Å². The van der Waals surface area contributed by atoms with Crippen molar-refractivity contribution in [2.75, 3.05) is 0 Å². The Kier molecular flexibility index (Phi) is 5.41. The molecule has 0 heterocycles. The summed E-state index contributed by atoms with van der Waals surface area (Å²) in [7, 11) is 0. The second kappa shape index (κ2) is 6.85. The van der Waals surface area contributed by atoms with Gasteiger partial charge in [-0.25, -0.2) is 4.89 Å². The molecule has 5 atom stereocenters. The fourth-order valence-corrected chi connectivity index (χ4v) is 5.25. The Hall–Kier alpha value is -1.39. The molecular weight excluding hydrogens is 304 g/mol. The first-order valence-corrected chi connectivity index (χ1v) is 8.73. The molecule has 0 aromatic heterocycles. The molecule has 4 heteroatoms. The third kappa shape index (κ3) is 2.98. The predicted molar refractivity (Wildman–Crippen MR) is 94.5 cm³/mol. The molecule has 0 amide bonds. The molecule has 0 bridgehead atoms. The highest BCUT2D eigenvalue weighted by Crippen LogP contribution is 2.62. The van der Waals surface area contributed by atoms with Crippen LogP contribution in [0.4, 0.5) is 0 Å². The summed E-state index contributed by atoms with van der Waals surface area (Å²) in [5.41, 5.74) is 0.908. The van der Waals surface area contributed by atoms with E-state index >= 15 is 0 Å². The Balaban J connectivity index is 2.36. The molecule has 2 fully saturated rings. The zero-order valence-corrected chi connectivity index (χ0v) is 14.9. The number of carboxylic acids is 1. The summed E-state index contributed by atoms with van der Waals surface area (Å²) in [6.45, 7) is 15.9. The van der Waals surface area contributed by atoms with Gasteiger partial charge in [-0.1, -0.05) is 44.7 Å². The summed E-state index contributed by atoms with van der Waals surface area (Å²) in [4.78, 5) is 16.6. The molecule has 134 valence electrons. The highest BCUT2D eigenvalue weighted by Gasteiger charge is 2.57. The normalized spacial score (nSPS) is 37.4. The van der Waals surface area contributed by atoms with Gasteiger partial charge in [-0.15, -0.1) is 0 Å². The van der Waals surface area contributed by atoms with E-state index in [4.69, 9.17) is 0 Å². The topological polar surface area (TPSA) is 66.8 Å². The highest BCUT2D eigenvalue weighted by atomic mass is 17.1. The first-order chi connectivity index (χ1) is 11.2. The van der Waals surface area contributed by atoms with E-state index in [-0.39, 0.29) is 17.3 Å². The monoisotopic (exact) mass is 334 g/mol. The maximum absolute atomic E-state index is 12.0. The van der Waals surface area contributed by atoms with Crippen molar-refractivity contribution in [3.63, 3.8) is 0 Å². The number of carboxylic acid groups (broad SMARTS) is 1. The van der Waals surface area contributed by atoms with E-state index in [0.29, 0.717) is 12.0 Å². The van der Waals surface area contributed by atoms with Crippen molar-refractivity contribution in [1.82, 2.24) is 0 Å². The summed E-state index contributed by atoms with van der Waals surface area (Å²) in [5, 5.41) is 19.1. The number of carbonyl (C=O) groups is 1. The lowest BCUT2D eigenvalue weighted by Crippen LogP contribution is -2.53. The second-order valence-electron chi connectivity index (χ2n) is 7.99. The maximum Gasteiger partial charge on any atom is 0.309 e. The Morgan fingerprint density at radius 2 is 2.12 bits per heavy atom. The summed E-state index contributed by atoms with van der Waals surface area (Å²) in [5.74, 6) is -0.498. The van der Waals surface area contributed by atoms with E-state index < -0.39 is 17.5 Å². The molecule has 2 aliphatic rings. The molecule has 2 saturated carbocycles. The predicted octanol–water partition coefficient (Wildman–Crippen LogP) is 4.84. The highest BCUT2D eigenvalue weighted by molar-refractivity contribution is 5.75. The van der Waals surface area contributed by atoms with Crippen molar-refractivity contribution in [2.45, 2.75) is 58.5 Å². The van der Waals surface area contributed by atoms with Crippen LogP contribution < -0.4 is 0 Å². The number of fused-ring (bicyclic) bond motifs is 1. The average Bonchev–Trinajstić information content (AvgIpc) is 2.53. The van der Waals surface area contributed by atoms with Crippen molar-refractivity contribution >= 4 is 5.97 Å². The van der Waals surface area contributed by atoms with Crippen LogP contribution in [0.3, 0.4) is 0 Å². The van der Waals surface area contributed by atoms with Gasteiger partial charge >= 0.3 is 5.97 Å². The van der Waals surface area contributed by atoms with Gasteiger partial charge in [0.25, 0.3) is 0 Å². The number of hydrogen-bond acceptors (Lipinski definition) is 3. The minimum absolute atomic E-state index is 0.100. The van der Waals surface area contributed by atoms with Crippen LogP contribution in [0.15, 0.2) is 37.0 Å². The average molecular weight is 334 g/mol. The van der Waals surface area contributed by atoms with Crippen molar-refractivity contribution in [3.8, 4) is 0 Å². The van der Waals surface area contributed by atoms with Gasteiger partial charge in [-0.3, -0.25) is 10.1 Å². The quantitative estimate of drug-likeness (QED) is 0.316. The third-order valence-electron chi connectivity index (χ3n) is 6.76. The van der Waals surface area contributed by atoms with Crippen molar-refractivity contribution in [1.29, 1.82) is 0 Å². The molecule has 0 aromatic rings. The lowest BCUT2D eigenvalue weighted by molar-refractivity contribution is -0.273. The zero-order valence-electron chi connectivity index (χ0n) is 14.9. The smallest absolute Gasteiger partial charge is 0.309 e. The van der Waals surface area contributed by atoms with Crippen LogP contribution in [0.2, 0.25) is 0 Å². The van der Waals surface area contributed by atoms with Gasteiger partial charge in [0.15, 0.2) is 0 Å². The van der Waals surface area contributed by atoms with E-state index in [1.165, 1.54) is 0 Å². The third-order valence-corrected chi connectivity index (χ3v) is 6.76. The summed E-state index contributed by atoms with van der Waals surface area (Å²) >= 11 is 0. The van der Waals surface area contributed by atoms with Gasteiger partial charge in [0, 0.05) is 0 Å². The van der Waals surface area contributed by atoms with Crippen molar-refractivity contribution < 1.29 is 20.0 Å². The molecule has 2 N–H and O–H groups in total. The Bertz CT molecular complexity index is 552. The molecule has 0 radical (unpaired) electrons. The number of aliphatic carboxylic acids is 1. The lowest BCUT2D eigenvalue weighted by Gasteiger charge is -2.57. The van der Waals surface area contributed by atoms with Crippen LogP contribution in [0.1, 0.15) is 52.4 Å². The molecule has 0 aromatic carbocycles. The largest absolute Gasteiger partial charge is 0.481 e. The molecule has 0 aliphatic heterocycles. The Morgan fingerprint density at radius 3 is 2.67 bits per heavy atom. The van der Waals surface area contributed by atoms with E-state index in [0.717, 1.165) is 37.7 Å². The molecule has 24 heavy (non-hydrogen) atoms. The van der Waals surface area contributed by atoms with Crippen LogP contribution >= 0.6 is 0 Å².